The van der Waals surface area contributed by atoms with Crippen molar-refractivity contribution in [2.24, 2.45) is 5.41 Å². The smallest absolute Gasteiger partial charge is 0.219 e. The number of carbonyl (C=O) groups excluding carboxylic acids is 1. The molecule has 0 aromatic carbocycles. The first kappa shape index (κ1) is 9.46. The fraction of sp³-hybridized carbons (Fsp3) is 0.300. The van der Waals surface area contributed by atoms with Crippen LogP contribution in [0.15, 0.2) is 18.3 Å². The van der Waals surface area contributed by atoms with E-state index in [9.17, 15) is 4.79 Å². The number of hydrogen-bond donors (Lipinski definition) is 1. The summed E-state index contributed by atoms with van der Waals surface area (Å²) >= 11 is 0. The zero-order valence-electron chi connectivity index (χ0n) is 8.48. The summed E-state index contributed by atoms with van der Waals surface area (Å²) in [5, 5.41) is 11.7. The largest absolute Gasteiger partial charge is 0.289 e. The van der Waals surface area contributed by atoms with Gasteiger partial charge in [-0.15, -0.1) is 0 Å². The minimum absolute atomic E-state index is 0.220. The van der Waals surface area contributed by atoms with Gasteiger partial charge in [0.15, 0.2) is 11.5 Å². The van der Waals surface area contributed by atoms with E-state index in [0.717, 1.165) is 0 Å². The van der Waals surface area contributed by atoms with Crippen LogP contribution in [0.1, 0.15) is 24.5 Å². The third-order valence-corrected chi connectivity index (χ3v) is 2.24. The average molecular weight is 202 g/mol. The van der Waals surface area contributed by atoms with Crippen molar-refractivity contribution in [1.82, 2.24) is 14.6 Å². The van der Waals surface area contributed by atoms with Gasteiger partial charge in [-0.3, -0.25) is 9.89 Å². The summed E-state index contributed by atoms with van der Waals surface area (Å²) < 4.78 is 1.64. The summed E-state index contributed by atoms with van der Waals surface area (Å²) in [5.74, 6) is -0.0779. The summed E-state index contributed by atoms with van der Waals surface area (Å²) in [5.41, 5.74) is -0.373. The first-order chi connectivity index (χ1) is 7.04. The second-order valence-electron chi connectivity index (χ2n) is 3.87. The van der Waals surface area contributed by atoms with Crippen molar-refractivity contribution in [1.29, 1.82) is 5.26 Å². The molecule has 2 rings (SSSR count). The van der Waals surface area contributed by atoms with Crippen LogP contribution in [0.3, 0.4) is 0 Å². The lowest BCUT2D eigenvalue weighted by Crippen LogP contribution is -2.23. The molecule has 0 saturated carbocycles. The molecule has 2 aromatic rings. The topological polar surface area (TPSA) is 73.9 Å². The van der Waals surface area contributed by atoms with Gasteiger partial charge in [-0.2, -0.15) is 5.26 Å². The average Bonchev–Trinajstić information content (AvgIpc) is 2.75. The van der Waals surface area contributed by atoms with Gasteiger partial charge in [-0.25, -0.2) is 9.50 Å². The Morgan fingerprint density at radius 3 is 3.00 bits per heavy atom. The van der Waals surface area contributed by atoms with Crippen molar-refractivity contribution in [3.63, 3.8) is 0 Å². The van der Waals surface area contributed by atoms with E-state index in [1.54, 1.807) is 30.6 Å². The van der Waals surface area contributed by atoms with E-state index < -0.39 is 5.41 Å². The number of rotatable bonds is 2. The fourth-order valence-corrected chi connectivity index (χ4v) is 1.26. The fourth-order valence-electron chi connectivity index (χ4n) is 1.26. The second kappa shape index (κ2) is 2.95. The Balaban J connectivity index is 2.45. The predicted octanol–water partition coefficient (Wildman–Crippen LogP) is 1.39. The number of H-pyrrole nitrogens is 1. The number of carbonyl (C=O) groups is 1. The highest BCUT2D eigenvalue weighted by molar-refractivity contribution is 5.99. The van der Waals surface area contributed by atoms with Gasteiger partial charge < -0.3 is 0 Å². The molecule has 1 N–H and O–H groups in total. The van der Waals surface area contributed by atoms with Crippen molar-refractivity contribution in [3.8, 4) is 6.07 Å². The minimum atomic E-state index is -1.05. The van der Waals surface area contributed by atoms with Gasteiger partial charge in [-0.05, 0) is 26.0 Å². The van der Waals surface area contributed by atoms with Crippen LogP contribution >= 0.6 is 0 Å². The van der Waals surface area contributed by atoms with Gasteiger partial charge in [0.2, 0.25) is 5.78 Å². The van der Waals surface area contributed by atoms with Gasteiger partial charge >= 0.3 is 0 Å². The molecule has 76 valence electrons. The number of aromatic nitrogens is 3. The predicted molar refractivity (Wildman–Crippen MR) is 53.3 cm³/mol. The summed E-state index contributed by atoms with van der Waals surface area (Å²) in [6.45, 7) is 3.15. The maximum Gasteiger partial charge on any atom is 0.219 e. The van der Waals surface area contributed by atoms with Crippen LogP contribution < -0.4 is 0 Å². The minimum Gasteiger partial charge on any atom is -0.289 e. The summed E-state index contributed by atoms with van der Waals surface area (Å²) in [6, 6.07) is 5.56. The number of fused-ring (bicyclic) bond motifs is 1. The van der Waals surface area contributed by atoms with Crippen LogP contribution in [-0.4, -0.2) is 20.4 Å². The normalized spacial score (nSPS) is 11.5. The van der Waals surface area contributed by atoms with Gasteiger partial charge in [0, 0.05) is 6.20 Å². The molecule has 0 bridgehead atoms. The number of nitrogens with zero attached hydrogens (tertiary/aromatic N) is 3. The Morgan fingerprint density at radius 1 is 1.67 bits per heavy atom. The molecule has 0 unspecified atom stereocenters. The van der Waals surface area contributed by atoms with E-state index in [1.807, 2.05) is 12.1 Å². The Labute approximate surface area is 86.3 Å². The lowest BCUT2D eigenvalue weighted by atomic mass is 9.90. The molecule has 0 spiro atoms. The van der Waals surface area contributed by atoms with Crippen molar-refractivity contribution < 1.29 is 4.79 Å². The molecular formula is C10H10N4O. The van der Waals surface area contributed by atoms with Crippen LogP contribution in [0.5, 0.6) is 0 Å². The van der Waals surface area contributed by atoms with Crippen LogP contribution in [0.4, 0.5) is 0 Å². The zero-order chi connectivity index (χ0) is 11.1. The molecule has 2 heterocycles. The lowest BCUT2D eigenvalue weighted by Gasteiger charge is -2.10. The van der Waals surface area contributed by atoms with Gasteiger partial charge in [0.25, 0.3) is 0 Å². The van der Waals surface area contributed by atoms with Crippen LogP contribution in [-0.2, 0) is 0 Å². The molecule has 5 heteroatoms. The van der Waals surface area contributed by atoms with Crippen molar-refractivity contribution in [2.45, 2.75) is 13.8 Å². The van der Waals surface area contributed by atoms with E-state index in [4.69, 9.17) is 5.26 Å². The molecular weight excluding hydrogens is 192 g/mol. The zero-order valence-corrected chi connectivity index (χ0v) is 8.48. The van der Waals surface area contributed by atoms with Gasteiger partial charge in [-0.1, -0.05) is 0 Å². The highest BCUT2D eigenvalue weighted by atomic mass is 16.1. The molecule has 0 aliphatic carbocycles. The number of aromatic amines is 1. The summed E-state index contributed by atoms with van der Waals surface area (Å²) in [6.07, 6.45) is 1.76. The third kappa shape index (κ3) is 1.40. The Hall–Kier alpha value is -2.09. The molecule has 0 saturated heterocycles. The first-order valence-corrected chi connectivity index (χ1v) is 4.54. The van der Waals surface area contributed by atoms with Crippen molar-refractivity contribution >= 4 is 11.4 Å². The van der Waals surface area contributed by atoms with Gasteiger partial charge in [0.05, 0.1) is 6.07 Å². The van der Waals surface area contributed by atoms with Crippen LogP contribution in [0.25, 0.3) is 5.65 Å². The summed E-state index contributed by atoms with van der Waals surface area (Å²) in [4.78, 5) is 15.9. The maximum atomic E-state index is 11.8. The Morgan fingerprint density at radius 2 is 2.40 bits per heavy atom. The Bertz CT molecular complexity index is 527. The SMILES string of the molecule is CC(C)(C#N)C(=O)c1nc2cccn2[nH]1. The highest BCUT2D eigenvalue weighted by Gasteiger charge is 2.30. The molecule has 0 fully saturated rings. The van der Waals surface area contributed by atoms with Gasteiger partial charge in [0.1, 0.15) is 5.41 Å². The van der Waals surface area contributed by atoms with Crippen molar-refractivity contribution in [2.75, 3.05) is 0 Å². The molecule has 5 nitrogen and oxygen atoms in total. The standard InChI is InChI=1S/C10H10N4O/c1-10(2,6-11)8(15)9-12-7-4-3-5-14(7)13-9/h3-5H,1-2H3,(H,12,13). The molecule has 0 aliphatic heterocycles. The number of Topliss-reactive ketones (excluding diaryl/α,β-unsaturated/α-hetero) is 1. The second-order valence-corrected chi connectivity index (χ2v) is 3.87. The molecule has 0 radical (unpaired) electrons. The molecule has 0 aliphatic rings. The number of ketones is 1. The molecule has 0 atom stereocenters. The number of hydrogen-bond acceptors (Lipinski definition) is 3. The Kier molecular flexibility index (Phi) is 1.86. The molecule has 2 aromatic heterocycles. The lowest BCUT2D eigenvalue weighted by molar-refractivity contribution is 0.0881. The van der Waals surface area contributed by atoms with E-state index in [2.05, 4.69) is 10.1 Å². The molecule has 15 heavy (non-hydrogen) atoms. The van der Waals surface area contributed by atoms with Crippen molar-refractivity contribution in [3.05, 3.63) is 24.2 Å². The van der Waals surface area contributed by atoms with E-state index in [0.29, 0.717) is 5.65 Å². The van der Waals surface area contributed by atoms with E-state index in [1.165, 1.54) is 0 Å². The number of nitrogens with one attached hydrogen (secondary N) is 1. The third-order valence-electron chi connectivity index (χ3n) is 2.24. The molecule has 0 amide bonds. The van der Waals surface area contributed by atoms with Crippen LogP contribution in [0.2, 0.25) is 0 Å². The van der Waals surface area contributed by atoms with E-state index in [-0.39, 0.29) is 11.6 Å². The maximum absolute atomic E-state index is 11.8. The van der Waals surface area contributed by atoms with Crippen LogP contribution in [0, 0.1) is 16.7 Å². The highest BCUT2D eigenvalue weighted by Crippen LogP contribution is 2.19. The summed E-state index contributed by atoms with van der Waals surface area (Å²) in [7, 11) is 0. The quantitative estimate of drug-likeness (QED) is 0.748. The number of nitriles is 1. The monoisotopic (exact) mass is 202 g/mol. The first-order valence-electron chi connectivity index (χ1n) is 4.54. The van der Waals surface area contributed by atoms with E-state index >= 15 is 0 Å².